The summed E-state index contributed by atoms with van der Waals surface area (Å²) in [5.41, 5.74) is -0.740. The number of rotatable bonds is 6. The van der Waals surface area contributed by atoms with Gasteiger partial charge in [0.05, 0.1) is 6.54 Å². The first kappa shape index (κ1) is 18.4. The molecule has 0 fully saturated rings. The second kappa shape index (κ2) is 7.88. The van der Waals surface area contributed by atoms with Crippen molar-refractivity contribution in [2.24, 2.45) is 0 Å². The Morgan fingerprint density at radius 3 is 2.14 bits per heavy atom. The maximum atomic E-state index is 11.4. The molecule has 0 aromatic heterocycles. The molecule has 21 heavy (non-hydrogen) atoms. The maximum Gasteiger partial charge on any atom is 0.407 e. The zero-order chi connectivity index (χ0) is 16.6. The summed E-state index contributed by atoms with van der Waals surface area (Å²) in [4.78, 5) is 43.8. The number of carboxylic acids is 2. The van der Waals surface area contributed by atoms with Gasteiger partial charge in [0, 0.05) is 12.2 Å². The summed E-state index contributed by atoms with van der Waals surface area (Å²) in [5, 5.41) is 21.5. The molecule has 0 saturated heterocycles. The summed E-state index contributed by atoms with van der Waals surface area (Å²) in [5.74, 6) is -3.64. The molecule has 0 saturated carbocycles. The van der Waals surface area contributed by atoms with Crippen LogP contribution >= 0.6 is 0 Å². The number of hydrogen-bond donors (Lipinski definition) is 4. The summed E-state index contributed by atoms with van der Waals surface area (Å²) < 4.78 is 4.90. The van der Waals surface area contributed by atoms with Crippen LogP contribution in [-0.2, 0) is 19.1 Å². The fourth-order valence-corrected chi connectivity index (χ4v) is 1.07. The lowest BCUT2D eigenvalue weighted by Gasteiger charge is -2.21. The van der Waals surface area contributed by atoms with Crippen molar-refractivity contribution in [2.75, 3.05) is 6.54 Å². The fraction of sp³-hybridized carbons (Fsp3) is 0.500. The molecule has 0 bridgehead atoms. The van der Waals surface area contributed by atoms with Gasteiger partial charge in [0.25, 0.3) is 0 Å². The van der Waals surface area contributed by atoms with Gasteiger partial charge in [-0.15, -0.1) is 0 Å². The molecule has 4 N–H and O–H groups in total. The highest BCUT2D eigenvalue weighted by molar-refractivity contribution is 5.95. The minimum atomic E-state index is -1.41. The van der Waals surface area contributed by atoms with Crippen LogP contribution in [0.3, 0.4) is 0 Å². The summed E-state index contributed by atoms with van der Waals surface area (Å²) in [6, 6.07) is -1.41. The van der Waals surface area contributed by atoms with Gasteiger partial charge < -0.3 is 25.6 Å². The molecular formula is C12H18N2O7. The van der Waals surface area contributed by atoms with Crippen molar-refractivity contribution in [2.45, 2.75) is 32.4 Å². The van der Waals surface area contributed by atoms with E-state index in [1.54, 1.807) is 20.8 Å². The number of carboxylic acid groups (broad SMARTS) is 2. The highest BCUT2D eigenvalue weighted by Crippen LogP contribution is 2.06. The van der Waals surface area contributed by atoms with Gasteiger partial charge in [-0.05, 0) is 20.8 Å². The zero-order valence-electron chi connectivity index (χ0n) is 11.9. The first-order chi connectivity index (χ1) is 9.51. The number of alkyl carbamates (subject to hydrolysis) is 1. The highest BCUT2D eigenvalue weighted by Gasteiger charge is 2.22. The van der Waals surface area contributed by atoms with Crippen molar-refractivity contribution in [3.63, 3.8) is 0 Å². The standard InChI is InChI=1S/C12H18N2O7/c1-12(2,3)21-11(20)13-6-7(10(18)19)14-8(15)4-5-9(16)17/h4-5,7H,6H2,1-3H3,(H,13,20)(H,14,15)(H,16,17)(H,18,19)/b5-4-/t7-/m1/s1. The molecule has 0 aromatic rings. The van der Waals surface area contributed by atoms with E-state index in [9.17, 15) is 19.2 Å². The zero-order valence-corrected chi connectivity index (χ0v) is 11.9. The van der Waals surface area contributed by atoms with Crippen molar-refractivity contribution in [3.8, 4) is 0 Å². The van der Waals surface area contributed by atoms with E-state index in [-0.39, 0.29) is 0 Å². The predicted octanol–water partition coefficient (Wildman–Crippen LogP) is -0.279. The first-order valence-electron chi connectivity index (χ1n) is 5.92. The normalized spacial score (nSPS) is 12.5. The average molecular weight is 302 g/mol. The Kier molecular flexibility index (Phi) is 6.91. The number of carbonyl (C=O) groups excluding carboxylic acids is 2. The van der Waals surface area contributed by atoms with E-state index in [1.165, 1.54) is 0 Å². The van der Waals surface area contributed by atoms with Gasteiger partial charge in [0.2, 0.25) is 5.91 Å². The van der Waals surface area contributed by atoms with Crippen molar-refractivity contribution in [1.29, 1.82) is 0 Å². The van der Waals surface area contributed by atoms with Crippen LogP contribution in [-0.4, -0.2) is 52.3 Å². The summed E-state index contributed by atoms with van der Waals surface area (Å²) >= 11 is 0. The van der Waals surface area contributed by atoms with E-state index in [0.717, 1.165) is 0 Å². The molecule has 0 rings (SSSR count). The molecule has 2 amide bonds. The Labute approximate surface area is 121 Å². The minimum Gasteiger partial charge on any atom is -0.480 e. The largest absolute Gasteiger partial charge is 0.480 e. The predicted molar refractivity (Wildman–Crippen MR) is 70.6 cm³/mol. The van der Waals surface area contributed by atoms with Gasteiger partial charge in [-0.3, -0.25) is 4.79 Å². The quantitative estimate of drug-likeness (QED) is 0.494. The van der Waals surface area contributed by atoms with Crippen molar-refractivity contribution < 1.29 is 34.1 Å². The second-order valence-electron chi connectivity index (χ2n) is 4.95. The molecule has 0 aliphatic rings. The number of ether oxygens (including phenoxy) is 1. The summed E-state index contributed by atoms with van der Waals surface area (Å²) in [7, 11) is 0. The third kappa shape index (κ3) is 9.93. The molecule has 9 nitrogen and oxygen atoms in total. The summed E-state index contributed by atoms with van der Waals surface area (Å²) in [6.07, 6.45) is 0.408. The van der Waals surface area contributed by atoms with Crippen LogP contribution in [0.4, 0.5) is 4.79 Å². The van der Waals surface area contributed by atoms with Crippen molar-refractivity contribution in [3.05, 3.63) is 12.2 Å². The van der Waals surface area contributed by atoms with Crippen molar-refractivity contribution in [1.82, 2.24) is 10.6 Å². The Morgan fingerprint density at radius 2 is 1.71 bits per heavy atom. The van der Waals surface area contributed by atoms with E-state index >= 15 is 0 Å². The van der Waals surface area contributed by atoms with E-state index in [0.29, 0.717) is 12.2 Å². The van der Waals surface area contributed by atoms with Crippen molar-refractivity contribution >= 4 is 23.9 Å². The average Bonchev–Trinajstić information content (AvgIpc) is 2.29. The molecule has 0 aromatic carbocycles. The van der Waals surface area contributed by atoms with Crippen LogP contribution in [0.5, 0.6) is 0 Å². The van der Waals surface area contributed by atoms with Crippen LogP contribution in [0.15, 0.2) is 12.2 Å². The molecule has 0 aliphatic carbocycles. The molecule has 0 aliphatic heterocycles. The van der Waals surface area contributed by atoms with Gasteiger partial charge >= 0.3 is 18.0 Å². The van der Waals surface area contributed by atoms with E-state index in [2.05, 4.69) is 5.32 Å². The topological polar surface area (TPSA) is 142 Å². The number of carbonyl (C=O) groups is 4. The molecule has 0 heterocycles. The molecule has 0 unspecified atom stereocenters. The molecule has 0 spiro atoms. The van der Waals surface area contributed by atoms with Gasteiger partial charge in [-0.25, -0.2) is 14.4 Å². The number of amides is 2. The van der Waals surface area contributed by atoms with Crippen LogP contribution in [0.25, 0.3) is 0 Å². The SMILES string of the molecule is CC(C)(C)OC(=O)NC[C@@H](NC(=O)/C=C\C(=O)O)C(=O)O. The van der Waals surface area contributed by atoms with E-state index in [4.69, 9.17) is 14.9 Å². The number of hydrogen-bond acceptors (Lipinski definition) is 5. The summed E-state index contributed by atoms with van der Waals surface area (Å²) in [6.45, 7) is 4.51. The monoisotopic (exact) mass is 302 g/mol. The second-order valence-corrected chi connectivity index (χ2v) is 4.95. The molecule has 118 valence electrons. The van der Waals surface area contributed by atoms with Gasteiger partial charge in [0.1, 0.15) is 11.6 Å². The number of nitrogens with one attached hydrogen (secondary N) is 2. The maximum absolute atomic E-state index is 11.4. The Bertz CT molecular complexity index is 451. The number of aliphatic carboxylic acids is 2. The van der Waals surface area contributed by atoms with E-state index in [1.807, 2.05) is 5.32 Å². The smallest absolute Gasteiger partial charge is 0.407 e. The van der Waals surface area contributed by atoms with Crippen LogP contribution in [0.1, 0.15) is 20.8 Å². The lowest BCUT2D eigenvalue weighted by Crippen LogP contribution is -2.48. The third-order valence-corrected chi connectivity index (χ3v) is 1.84. The highest BCUT2D eigenvalue weighted by atomic mass is 16.6. The van der Waals surface area contributed by atoms with Gasteiger partial charge in [0.15, 0.2) is 0 Å². The van der Waals surface area contributed by atoms with E-state index < -0.39 is 42.1 Å². The van der Waals surface area contributed by atoms with Crippen LogP contribution in [0.2, 0.25) is 0 Å². The third-order valence-electron chi connectivity index (χ3n) is 1.84. The van der Waals surface area contributed by atoms with Crippen LogP contribution < -0.4 is 10.6 Å². The molecule has 0 radical (unpaired) electrons. The Morgan fingerprint density at radius 1 is 1.14 bits per heavy atom. The lowest BCUT2D eigenvalue weighted by atomic mass is 10.2. The molecular weight excluding hydrogens is 284 g/mol. The van der Waals surface area contributed by atoms with Crippen LogP contribution in [0, 0.1) is 0 Å². The molecule has 9 heteroatoms. The molecule has 1 atom stereocenters. The Balaban J connectivity index is 4.45. The Hall–Kier alpha value is -2.58. The van der Waals surface area contributed by atoms with Gasteiger partial charge in [-0.2, -0.15) is 0 Å². The minimum absolute atomic E-state index is 0.406. The lowest BCUT2D eigenvalue weighted by molar-refractivity contribution is -0.141. The first-order valence-corrected chi connectivity index (χ1v) is 5.92. The fourth-order valence-electron chi connectivity index (χ4n) is 1.07. The van der Waals surface area contributed by atoms with Gasteiger partial charge in [-0.1, -0.05) is 0 Å².